The van der Waals surface area contributed by atoms with Crippen LogP contribution in [0.1, 0.15) is 11.1 Å². The molecule has 3 aromatic rings. The highest BCUT2D eigenvalue weighted by molar-refractivity contribution is 6.26. The lowest BCUT2D eigenvalue weighted by Gasteiger charge is -2.32. The van der Waals surface area contributed by atoms with E-state index in [9.17, 15) is 24.1 Å². The van der Waals surface area contributed by atoms with E-state index in [0.29, 0.717) is 17.9 Å². The van der Waals surface area contributed by atoms with Gasteiger partial charge in [0.25, 0.3) is 11.6 Å². The third kappa shape index (κ3) is 3.72. The second-order valence-corrected chi connectivity index (χ2v) is 7.09. The van der Waals surface area contributed by atoms with Crippen LogP contribution in [0.5, 0.6) is 0 Å². The lowest BCUT2D eigenvalue weighted by atomic mass is 10.1. The van der Waals surface area contributed by atoms with Crippen LogP contribution in [-0.4, -0.2) is 17.1 Å². The topological polar surface area (TPSA) is 89.3 Å². The number of para-hydroxylation sites is 1. The summed E-state index contributed by atoms with van der Waals surface area (Å²) >= 11 is 0. The highest BCUT2D eigenvalue weighted by Gasteiger charge is 2.41. The highest BCUT2D eigenvalue weighted by atomic mass is 19.1. The number of nitrogens with one attached hydrogen (secondary N) is 1. The molecule has 0 spiro atoms. The van der Waals surface area contributed by atoms with Crippen LogP contribution >= 0.6 is 0 Å². The molecule has 0 aliphatic carbocycles. The molecule has 1 unspecified atom stereocenters. The number of hydrogen-bond acceptors (Lipinski definition) is 4. The molecule has 0 saturated heterocycles. The summed E-state index contributed by atoms with van der Waals surface area (Å²) in [6.45, 7) is 0.357. The number of carbonyl (C=O) groups is 2. The van der Waals surface area contributed by atoms with E-state index in [0.717, 1.165) is 16.8 Å². The first-order valence-corrected chi connectivity index (χ1v) is 9.39. The fraction of sp³-hybridized carbons (Fsp3) is 0.0435. The molecule has 8 heteroatoms. The van der Waals surface area contributed by atoms with E-state index >= 15 is 0 Å². The molecule has 1 heterocycles. The lowest BCUT2D eigenvalue weighted by molar-refractivity contribution is -0.384. The maximum Gasteiger partial charge on any atom is 0.288 e. The van der Waals surface area contributed by atoms with E-state index in [2.05, 4.69) is 5.32 Å². The molecule has 7 nitrogen and oxygen atoms in total. The summed E-state index contributed by atoms with van der Waals surface area (Å²) in [5, 5.41) is 13.7. The molecule has 1 aliphatic rings. The van der Waals surface area contributed by atoms with Crippen molar-refractivity contribution in [2.75, 3.05) is 0 Å². The molecule has 154 valence electrons. The van der Waals surface area contributed by atoms with Crippen LogP contribution in [0.2, 0.25) is 0 Å². The van der Waals surface area contributed by atoms with Gasteiger partial charge >= 0.3 is 0 Å². The molecule has 0 bridgehead atoms. The van der Waals surface area contributed by atoms with Gasteiger partial charge in [-0.3, -0.25) is 19.7 Å². The van der Waals surface area contributed by atoms with Crippen LogP contribution in [0, 0.1) is 15.9 Å². The molecule has 0 radical (unpaired) electrons. The summed E-state index contributed by atoms with van der Waals surface area (Å²) in [6, 6.07) is 19.6. The van der Waals surface area contributed by atoms with Crippen molar-refractivity contribution in [1.29, 1.82) is 0 Å². The van der Waals surface area contributed by atoms with Gasteiger partial charge in [-0.25, -0.2) is 8.87 Å². The van der Waals surface area contributed by atoms with Gasteiger partial charge in [-0.15, -0.1) is 0 Å². The molecular formula is C23H17FN3O4+. The Bertz CT molecular complexity index is 1210. The van der Waals surface area contributed by atoms with Crippen LogP contribution in [-0.2, 0) is 16.1 Å². The van der Waals surface area contributed by atoms with Crippen LogP contribution in [0.3, 0.4) is 0 Å². The minimum Gasteiger partial charge on any atom is -0.315 e. The molecule has 0 saturated carbocycles. The smallest absolute Gasteiger partial charge is 0.288 e. The number of fused-ring (bicyclic) bond motifs is 1. The average molecular weight is 418 g/mol. The summed E-state index contributed by atoms with van der Waals surface area (Å²) in [6.07, 6.45) is 1.99. The fourth-order valence-electron chi connectivity index (χ4n) is 3.82. The zero-order valence-corrected chi connectivity index (χ0v) is 16.2. The number of benzene rings is 3. The third-order valence-corrected chi connectivity index (χ3v) is 5.20. The van der Waals surface area contributed by atoms with Gasteiger partial charge in [0.05, 0.1) is 10.5 Å². The molecular weight excluding hydrogens is 401 g/mol. The lowest BCUT2D eigenvalue weighted by Crippen LogP contribution is -2.36. The zero-order valence-electron chi connectivity index (χ0n) is 16.2. The molecule has 1 aliphatic heterocycles. The Hall–Kier alpha value is -4.17. The van der Waals surface area contributed by atoms with Crippen LogP contribution in [0.25, 0.3) is 5.70 Å². The minimum atomic E-state index is -0.786. The van der Waals surface area contributed by atoms with Gasteiger partial charge < -0.3 is 5.32 Å². The van der Waals surface area contributed by atoms with Crippen LogP contribution in [0.15, 0.2) is 79.0 Å². The maximum atomic E-state index is 13.5. The van der Waals surface area contributed by atoms with Crippen molar-refractivity contribution in [2.45, 2.75) is 6.54 Å². The second-order valence-electron chi connectivity index (χ2n) is 7.09. The number of carbonyl (C=O) groups excluding carboxylic acids is 2. The van der Waals surface area contributed by atoms with E-state index < -0.39 is 10.8 Å². The van der Waals surface area contributed by atoms with Crippen molar-refractivity contribution in [2.24, 2.45) is 0 Å². The molecule has 0 fully saturated rings. The van der Waals surface area contributed by atoms with E-state index in [1.807, 2.05) is 24.3 Å². The normalized spacial score (nSPS) is 16.9. The first kappa shape index (κ1) is 20.1. The predicted octanol–water partition coefficient (Wildman–Crippen LogP) is 4.20. The van der Waals surface area contributed by atoms with Gasteiger partial charge in [0.2, 0.25) is 6.29 Å². The van der Waals surface area contributed by atoms with Gasteiger partial charge in [-0.1, -0.05) is 24.3 Å². The average Bonchev–Trinajstić information content (AvgIpc) is 3.09. The van der Waals surface area contributed by atoms with Gasteiger partial charge in [0.15, 0.2) is 5.69 Å². The summed E-state index contributed by atoms with van der Waals surface area (Å²) in [7, 11) is 0. The quantitative estimate of drug-likeness (QED) is 0.214. The monoisotopic (exact) mass is 418 g/mol. The Morgan fingerprint density at radius 2 is 1.71 bits per heavy atom. The van der Waals surface area contributed by atoms with Crippen molar-refractivity contribution < 1.29 is 18.9 Å². The van der Waals surface area contributed by atoms with Crippen molar-refractivity contribution in [3.05, 3.63) is 106 Å². The molecule has 1 N–H and O–H groups in total. The van der Waals surface area contributed by atoms with E-state index in [1.54, 1.807) is 30.5 Å². The van der Waals surface area contributed by atoms with Gasteiger partial charge in [0.1, 0.15) is 29.9 Å². The fourth-order valence-corrected chi connectivity index (χ4v) is 3.82. The van der Waals surface area contributed by atoms with Crippen molar-refractivity contribution in [3.63, 3.8) is 0 Å². The Kier molecular flexibility index (Phi) is 5.14. The number of amides is 1. The number of non-ortho nitro benzene ring substituents is 1. The summed E-state index contributed by atoms with van der Waals surface area (Å²) in [5.41, 5.74) is 3.45. The molecule has 3 aromatic carbocycles. The minimum absolute atomic E-state index is 0.0466. The molecule has 1 atom stereocenters. The zero-order chi connectivity index (χ0) is 22.0. The number of rotatable bonds is 6. The number of quaternary nitrogens is 1. The predicted molar refractivity (Wildman–Crippen MR) is 113 cm³/mol. The Labute approximate surface area is 176 Å². The summed E-state index contributed by atoms with van der Waals surface area (Å²) in [4.78, 5) is 33.4. The molecule has 0 aromatic heterocycles. The number of aldehydes is 1. The first-order valence-electron chi connectivity index (χ1n) is 9.39. The van der Waals surface area contributed by atoms with Crippen LogP contribution < -0.4 is 9.80 Å². The number of nitro groups is 1. The van der Waals surface area contributed by atoms with Gasteiger partial charge in [0, 0.05) is 35.9 Å². The Morgan fingerprint density at radius 1 is 1.03 bits per heavy atom. The Balaban J connectivity index is 1.91. The largest absolute Gasteiger partial charge is 0.315 e. The first-order chi connectivity index (χ1) is 14.9. The molecule has 1 amide bonds. The molecule has 31 heavy (non-hydrogen) atoms. The number of hydrogen-bond donors (Lipinski definition) is 1. The van der Waals surface area contributed by atoms with E-state index in [4.69, 9.17) is 0 Å². The van der Waals surface area contributed by atoms with Gasteiger partial charge in [-0.05, 0) is 18.2 Å². The van der Waals surface area contributed by atoms with Gasteiger partial charge in [-0.2, -0.15) is 0 Å². The standard InChI is InChI=1S/C23H16FN3O4/c24-17-7-5-16(6-8-17)13-27(19-11-9-18(10-12-19)26(30)31)14-21(25-23(29)15-28)20-3-1-2-4-22(20)27/h1-12,14-15H,13H2/p+1. The van der Waals surface area contributed by atoms with Crippen LogP contribution in [0.4, 0.5) is 21.5 Å². The van der Waals surface area contributed by atoms with Crippen molar-refractivity contribution in [1.82, 2.24) is 9.80 Å². The number of nitro benzene ring substituents is 1. The Morgan fingerprint density at radius 3 is 2.35 bits per heavy atom. The summed E-state index contributed by atoms with van der Waals surface area (Å²) < 4.78 is 13.6. The molecule has 4 rings (SSSR count). The summed E-state index contributed by atoms with van der Waals surface area (Å²) in [5.74, 6) is -1.14. The SMILES string of the molecule is O=CC(=O)NC1=C[N+](Cc2ccc(F)cc2)(c2ccc([N+](=O)[O-])cc2)c2ccccc21. The van der Waals surface area contributed by atoms with E-state index in [-0.39, 0.29) is 22.3 Å². The second kappa shape index (κ2) is 7.92. The van der Waals surface area contributed by atoms with E-state index in [1.165, 1.54) is 24.3 Å². The highest BCUT2D eigenvalue weighted by Crippen LogP contribution is 2.47. The van der Waals surface area contributed by atoms with Crippen molar-refractivity contribution in [3.8, 4) is 0 Å². The number of halogens is 1. The third-order valence-electron chi connectivity index (χ3n) is 5.20. The maximum absolute atomic E-state index is 13.5. The van der Waals surface area contributed by atoms with Crippen molar-refractivity contribution >= 4 is 35.0 Å². The number of nitrogens with zero attached hydrogens (tertiary/aromatic N) is 2.